The maximum atomic E-state index is 12.1. The average Bonchev–Trinajstić information content (AvgIpc) is 2.88. The minimum atomic E-state index is -0.733. The molecular weight excluding hydrogens is 326 g/mol. The highest BCUT2D eigenvalue weighted by Crippen LogP contribution is 2.23. The first-order valence-electron chi connectivity index (χ1n) is 7.55. The van der Waals surface area contributed by atoms with E-state index in [-0.39, 0.29) is 24.2 Å². The number of nitrogens with zero attached hydrogens (tertiary/aromatic N) is 1. The van der Waals surface area contributed by atoms with Gasteiger partial charge in [-0.15, -0.1) is 0 Å². The molecule has 2 aromatic rings. The topological polar surface area (TPSA) is 82.1 Å². The first-order valence-corrected chi connectivity index (χ1v) is 7.55. The number of carbonyl (C=O) groups excluding carboxylic acids is 3. The monoisotopic (exact) mass is 341 g/mol. The third-order valence-electron chi connectivity index (χ3n) is 3.58. The third kappa shape index (κ3) is 3.45. The number of benzene rings is 2. The average molecular weight is 341 g/mol. The third-order valence-corrected chi connectivity index (χ3v) is 3.58. The molecule has 0 radical (unpaired) electrons. The molecule has 3 rings (SSSR count). The van der Waals surface area contributed by atoms with Gasteiger partial charge in [0.05, 0.1) is 31.3 Å². The molecule has 0 aromatic heterocycles. The maximum Gasteiger partial charge on any atom is 0.336 e. The van der Waals surface area contributed by atoms with Crippen molar-refractivity contribution < 1.29 is 28.7 Å². The molecule has 128 valence electrons. The highest BCUT2D eigenvalue weighted by Gasteiger charge is 2.38. The molecular formula is C18H15NO6. The van der Waals surface area contributed by atoms with E-state index in [1.165, 1.54) is 12.1 Å². The van der Waals surface area contributed by atoms with E-state index < -0.39 is 17.8 Å². The van der Waals surface area contributed by atoms with Crippen LogP contribution in [0.5, 0.6) is 11.5 Å². The van der Waals surface area contributed by atoms with Crippen LogP contribution < -0.4 is 9.47 Å². The molecule has 0 bridgehead atoms. The number of imide groups is 1. The highest BCUT2D eigenvalue weighted by atomic mass is 16.7. The van der Waals surface area contributed by atoms with E-state index in [2.05, 4.69) is 0 Å². The van der Waals surface area contributed by atoms with Gasteiger partial charge in [0.1, 0.15) is 11.5 Å². The fourth-order valence-electron chi connectivity index (χ4n) is 2.32. The SMILES string of the molecule is COc1ccc(OCCC(=O)ON2C(=O)c3ccccc3C2=O)cc1. The Balaban J connectivity index is 1.51. The predicted octanol–water partition coefficient (Wildman–Crippen LogP) is 2.22. The summed E-state index contributed by atoms with van der Waals surface area (Å²) in [6.45, 7) is 0.0499. The summed E-state index contributed by atoms with van der Waals surface area (Å²) in [5.41, 5.74) is 0.435. The Bertz CT molecular complexity index is 780. The molecule has 0 unspecified atom stereocenters. The molecule has 2 aromatic carbocycles. The molecule has 0 spiro atoms. The Hall–Kier alpha value is -3.35. The summed E-state index contributed by atoms with van der Waals surface area (Å²) in [5, 5.41) is 0.486. The van der Waals surface area contributed by atoms with Gasteiger partial charge in [0, 0.05) is 0 Å². The van der Waals surface area contributed by atoms with Gasteiger partial charge in [-0.1, -0.05) is 17.2 Å². The number of carbonyl (C=O) groups is 3. The van der Waals surface area contributed by atoms with Crippen LogP contribution in [0.1, 0.15) is 27.1 Å². The first-order chi connectivity index (χ1) is 12.1. The van der Waals surface area contributed by atoms with Gasteiger partial charge < -0.3 is 14.3 Å². The molecule has 25 heavy (non-hydrogen) atoms. The fourth-order valence-corrected chi connectivity index (χ4v) is 2.32. The van der Waals surface area contributed by atoms with E-state index in [0.717, 1.165) is 0 Å². The van der Waals surface area contributed by atoms with E-state index in [1.807, 2.05) is 0 Å². The Morgan fingerprint density at radius 2 is 1.48 bits per heavy atom. The molecule has 0 atom stereocenters. The molecule has 1 aliphatic heterocycles. The summed E-state index contributed by atoms with van der Waals surface area (Å²) >= 11 is 0. The number of methoxy groups -OCH3 is 1. The van der Waals surface area contributed by atoms with Crippen LogP contribution in [0.4, 0.5) is 0 Å². The molecule has 1 heterocycles. The van der Waals surface area contributed by atoms with Gasteiger partial charge in [-0.05, 0) is 36.4 Å². The first kappa shape index (κ1) is 16.5. The van der Waals surface area contributed by atoms with Crippen LogP contribution in [0.25, 0.3) is 0 Å². The number of fused-ring (bicyclic) bond motifs is 1. The van der Waals surface area contributed by atoms with Crippen LogP contribution in [0.3, 0.4) is 0 Å². The smallest absolute Gasteiger partial charge is 0.336 e. The van der Waals surface area contributed by atoms with Crippen LogP contribution in [-0.4, -0.2) is 36.6 Å². The second kappa shape index (κ2) is 7.04. The number of amides is 2. The molecule has 0 saturated heterocycles. The van der Waals surface area contributed by atoms with E-state index in [4.69, 9.17) is 14.3 Å². The van der Waals surface area contributed by atoms with Gasteiger partial charge in [-0.3, -0.25) is 9.59 Å². The zero-order valence-electron chi connectivity index (χ0n) is 13.4. The molecule has 0 fully saturated rings. The van der Waals surface area contributed by atoms with E-state index in [1.54, 1.807) is 43.5 Å². The molecule has 1 aliphatic rings. The number of rotatable bonds is 6. The van der Waals surface area contributed by atoms with Gasteiger partial charge in [-0.2, -0.15) is 0 Å². The van der Waals surface area contributed by atoms with Crippen LogP contribution in [-0.2, 0) is 9.63 Å². The van der Waals surface area contributed by atoms with Crippen LogP contribution in [0.15, 0.2) is 48.5 Å². The zero-order chi connectivity index (χ0) is 17.8. The van der Waals surface area contributed by atoms with Crippen LogP contribution in [0, 0.1) is 0 Å². The van der Waals surface area contributed by atoms with Crippen molar-refractivity contribution in [3.05, 3.63) is 59.7 Å². The van der Waals surface area contributed by atoms with Crippen molar-refractivity contribution in [1.29, 1.82) is 0 Å². The van der Waals surface area contributed by atoms with Gasteiger partial charge in [0.15, 0.2) is 0 Å². The molecule has 2 amide bonds. The van der Waals surface area contributed by atoms with Crippen molar-refractivity contribution >= 4 is 17.8 Å². The van der Waals surface area contributed by atoms with Crippen molar-refractivity contribution in [2.45, 2.75) is 6.42 Å². The Labute approximate surface area is 143 Å². The standard InChI is InChI=1S/C18H15NO6/c1-23-12-6-8-13(9-7-12)24-11-10-16(20)25-19-17(21)14-4-2-3-5-15(14)18(19)22/h2-9H,10-11H2,1H3. The predicted molar refractivity (Wildman–Crippen MR) is 86.1 cm³/mol. The summed E-state index contributed by atoms with van der Waals surface area (Å²) in [7, 11) is 1.56. The Morgan fingerprint density at radius 3 is 2.04 bits per heavy atom. The molecule has 0 aliphatic carbocycles. The second-order valence-corrected chi connectivity index (χ2v) is 5.19. The molecule has 7 heteroatoms. The highest BCUT2D eigenvalue weighted by molar-refractivity contribution is 6.20. The number of hydrogen-bond acceptors (Lipinski definition) is 6. The van der Waals surface area contributed by atoms with E-state index in [0.29, 0.717) is 16.6 Å². The van der Waals surface area contributed by atoms with Crippen molar-refractivity contribution in [3.8, 4) is 11.5 Å². The van der Waals surface area contributed by atoms with Crippen molar-refractivity contribution in [1.82, 2.24) is 5.06 Å². The van der Waals surface area contributed by atoms with Crippen molar-refractivity contribution in [2.75, 3.05) is 13.7 Å². The second-order valence-electron chi connectivity index (χ2n) is 5.19. The lowest BCUT2D eigenvalue weighted by Gasteiger charge is -2.13. The number of ether oxygens (including phenoxy) is 2. The van der Waals surface area contributed by atoms with Crippen molar-refractivity contribution in [2.24, 2.45) is 0 Å². The van der Waals surface area contributed by atoms with Crippen molar-refractivity contribution in [3.63, 3.8) is 0 Å². The van der Waals surface area contributed by atoms with Gasteiger partial charge in [0.25, 0.3) is 11.8 Å². The summed E-state index contributed by atoms with van der Waals surface area (Å²) in [5.74, 6) is -0.773. The van der Waals surface area contributed by atoms with Gasteiger partial charge >= 0.3 is 5.97 Å². The summed E-state index contributed by atoms with van der Waals surface area (Å²) in [4.78, 5) is 40.9. The maximum absolute atomic E-state index is 12.1. The lowest BCUT2D eigenvalue weighted by atomic mass is 10.1. The number of hydrogen-bond donors (Lipinski definition) is 0. The van der Waals surface area contributed by atoms with Crippen LogP contribution in [0.2, 0.25) is 0 Å². The van der Waals surface area contributed by atoms with E-state index >= 15 is 0 Å². The fraction of sp³-hybridized carbons (Fsp3) is 0.167. The Kier molecular flexibility index (Phi) is 4.65. The summed E-state index contributed by atoms with van der Waals surface area (Å²) in [6, 6.07) is 13.2. The minimum absolute atomic E-state index is 0.0499. The number of hydroxylamine groups is 2. The quantitative estimate of drug-likeness (QED) is 0.749. The normalized spacial score (nSPS) is 12.8. The lowest BCUT2D eigenvalue weighted by molar-refractivity contribution is -0.169. The largest absolute Gasteiger partial charge is 0.497 e. The summed E-state index contributed by atoms with van der Waals surface area (Å²) < 4.78 is 10.4. The van der Waals surface area contributed by atoms with E-state index in [9.17, 15) is 14.4 Å². The Morgan fingerprint density at radius 1 is 0.920 bits per heavy atom. The molecule has 0 N–H and O–H groups in total. The van der Waals surface area contributed by atoms with Gasteiger partial charge in [0.2, 0.25) is 0 Å². The lowest BCUT2D eigenvalue weighted by Crippen LogP contribution is -2.33. The molecule has 7 nitrogen and oxygen atoms in total. The van der Waals surface area contributed by atoms with Gasteiger partial charge in [-0.25, -0.2) is 4.79 Å². The minimum Gasteiger partial charge on any atom is -0.497 e. The van der Waals surface area contributed by atoms with Crippen LogP contribution >= 0.6 is 0 Å². The summed E-state index contributed by atoms with van der Waals surface area (Å²) in [6.07, 6.45) is -0.112. The molecule has 0 saturated carbocycles. The zero-order valence-corrected chi connectivity index (χ0v) is 13.4.